The summed E-state index contributed by atoms with van der Waals surface area (Å²) < 4.78 is 8.04. The Bertz CT molecular complexity index is 1400. The average molecular weight is 482 g/mol. The maximum absolute atomic E-state index is 13.0. The van der Waals surface area contributed by atoms with Gasteiger partial charge in [0.2, 0.25) is 5.91 Å². The van der Waals surface area contributed by atoms with Crippen molar-refractivity contribution in [3.63, 3.8) is 0 Å². The van der Waals surface area contributed by atoms with Gasteiger partial charge in [0.25, 0.3) is 0 Å². The molecule has 2 aromatic heterocycles. The number of halogens is 1. The van der Waals surface area contributed by atoms with Crippen LogP contribution in [0.3, 0.4) is 0 Å². The molecule has 0 radical (unpaired) electrons. The van der Waals surface area contributed by atoms with Crippen molar-refractivity contribution in [2.75, 3.05) is 18.1 Å². The number of anilines is 1. The van der Waals surface area contributed by atoms with Gasteiger partial charge in [-0.05, 0) is 54.4 Å². The molecular weight excluding hydrogens is 462 g/mol. The number of aryl methyl sites for hydroxylation is 1. The van der Waals surface area contributed by atoms with Crippen molar-refractivity contribution in [3.05, 3.63) is 81.2 Å². The zero-order valence-electron chi connectivity index (χ0n) is 17.8. The normalized spacial score (nSPS) is 13.1. The third kappa shape index (κ3) is 4.46. The number of hydrogen-bond donors (Lipinski definition) is 0. The lowest BCUT2D eigenvalue weighted by Crippen LogP contribution is -2.41. The average Bonchev–Trinajstić information content (AvgIpc) is 3.12. The number of aromatic nitrogens is 4. The summed E-state index contributed by atoms with van der Waals surface area (Å²) in [6, 6.07) is 16.8. The molecule has 0 fully saturated rings. The Morgan fingerprint density at radius 1 is 1.12 bits per heavy atom. The fourth-order valence-electron chi connectivity index (χ4n) is 3.61. The number of amides is 1. The summed E-state index contributed by atoms with van der Waals surface area (Å²) in [5.74, 6) is 1.12. The summed E-state index contributed by atoms with van der Waals surface area (Å²) in [7, 11) is 0. The van der Waals surface area contributed by atoms with Crippen LogP contribution in [0.15, 0.2) is 64.4 Å². The van der Waals surface area contributed by atoms with E-state index in [1.165, 1.54) is 16.3 Å². The number of nitrogens with zero attached hydrogens (tertiary/aromatic N) is 5. The molecule has 0 saturated carbocycles. The Kier molecular flexibility index (Phi) is 5.82. The second-order valence-electron chi connectivity index (χ2n) is 7.66. The molecule has 0 atom stereocenters. The minimum Gasteiger partial charge on any atom is -0.490 e. The number of ether oxygens (including phenoxy) is 1. The van der Waals surface area contributed by atoms with E-state index in [-0.39, 0.29) is 12.5 Å². The van der Waals surface area contributed by atoms with Crippen LogP contribution < -0.4 is 15.3 Å². The predicted molar refractivity (Wildman–Crippen MR) is 127 cm³/mol. The minimum absolute atomic E-state index is 0.178. The Hall–Kier alpha value is -3.30. The molecule has 1 aliphatic rings. The Morgan fingerprint density at radius 3 is 2.76 bits per heavy atom. The van der Waals surface area contributed by atoms with Crippen LogP contribution in [0, 0.1) is 6.92 Å². The van der Waals surface area contributed by atoms with Crippen molar-refractivity contribution in [2.45, 2.75) is 24.2 Å². The lowest BCUT2D eigenvalue weighted by atomic mass is 10.1. The lowest BCUT2D eigenvalue weighted by molar-refractivity contribution is -0.119. The summed E-state index contributed by atoms with van der Waals surface area (Å²) in [6.45, 7) is 2.60. The standard InChI is InChI=1S/C23H20ClN5O3S/c1-15-2-7-19-18(12-15)27(10-11-32-19)22(30)13-28-23(31)29-20(25-28)8-9-21(26-29)33-14-16-3-5-17(24)6-4-16/h2-9,12H,10-11,13-14H2,1H3. The van der Waals surface area contributed by atoms with Crippen molar-refractivity contribution in [1.29, 1.82) is 0 Å². The van der Waals surface area contributed by atoms with E-state index in [0.717, 1.165) is 15.8 Å². The first-order valence-corrected chi connectivity index (χ1v) is 11.7. The minimum atomic E-state index is -0.454. The Morgan fingerprint density at radius 2 is 1.94 bits per heavy atom. The summed E-state index contributed by atoms with van der Waals surface area (Å²) in [5.41, 5.74) is 2.77. The highest BCUT2D eigenvalue weighted by molar-refractivity contribution is 7.98. The molecule has 1 aliphatic heterocycles. The van der Waals surface area contributed by atoms with Gasteiger partial charge < -0.3 is 9.64 Å². The van der Waals surface area contributed by atoms with E-state index in [9.17, 15) is 9.59 Å². The predicted octanol–water partition coefficient (Wildman–Crippen LogP) is 3.57. The molecule has 0 aliphatic carbocycles. The van der Waals surface area contributed by atoms with E-state index < -0.39 is 5.69 Å². The zero-order valence-corrected chi connectivity index (χ0v) is 19.3. The summed E-state index contributed by atoms with van der Waals surface area (Å²) in [6.07, 6.45) is 0. The Labute approximate surface area is 198 Å². The third-order valence-corrected chi connectivity index (χ3v) is 6.52. The van der Waals surface area contributed by atoms with Crippen LogP contribution in [0.4, 0.5) is 5.69 Å². The number of thioether (sulfide) groups is 1. The molecule has 2 aromatic carbocycles. The van der Waals surface area contributed by atoms with Crippen molar-refractivity contribution in [2.24, 2.45) is 0 Å². The highest BCUT2D eigenvalue weighted by Crippen LogP contribution is 2.32. The van der Waals surface area contributed by atoms with Gasteiger partial charge in [0.15, 0.2) is 5.65 Å². The molecule has 0 saturated heterocycles. The monoisotopic (exact) mass is 481 g/mol. The van der Waals surface area contributed by atoms with Gasteiger partial charge in [-0.1, -0.05) is 41.6 Å². The molecule has 8 nitrogen and oxygen atoms in total. The number of fused-ring (bicyclic) bond motifs is 2. The number of benzene rings is 2. The Balaban J connectivity index is 1.35. The molecule has 1 amide bonds. The van der Waals surface area contributed by atoms with Gasteiger partial charge in [-0.15, -0.1) is 5.10 Å². The molecule has 10 heteroatoms. The van der Waals surface area contributed by atoms with Gasteiger partial charge in [0.1, 0.15) is 23.9 Å². The van der Waals surface area contributed by atoms with Crippen molar-refractivity contribution >= 4 is 40.6 Å². The van der Waals surface area contributed by atoms with Gasteiger partial charge in [0, 0.05) is 10.8 Å². The van der Waals surface area contributed by atoms with Crippen LogP contribution in [0.5, 0.6) is 5.75 Å². The summed E-state index contributed by atoms with van der Waals surface area (Å²) in [5, 5.41) is 10.1. The zero-order chi connectivity index (χ0) is 22.9. The maximum Gasteiger partial charge on any atom is 0.367 e. The summed E-state index contributed by atoms with van der Waals surface area (Å²) >= 11 is 7.43. The van der Waals surface area contributed by atoms with Crippen LogP contribution in [-0.2, 0) is 17.1 Å². The van der Waals surface area contributed by atoms with Crippen molar-refractivity contribution < 1.29 is 9.53 Å². The van der Waals surface area contributed by atoms with Crippen LogP contribution >= 0.6 is 23.4 Å². The van der Waals surface area contributed by atoms with Crippen LogP contribution in [-0.4, -0.2) is 38.5 Å². The molecular formula is C23H20ClN5O3S. The van der Waals surface area contributed by atoms with E-state index in [2.05, 4.69) is 10.2 Å². The SMILES string of the molecule is Cc1ccc2c(c1)N(C(=O)Cn1nc3ccc(SCc4ccc(Cl)cc4)nn3c1=O)CCO2. The van der Waals surface area contributed by atoms with E-state index in [0.29, 0.717) is 46.0 Å². The van der Waals surface area contributed by atoms with Crippen molar-refractivity contribution in [1.82, 2.24) is 19.4 Å². The molecule has 0 unspecified atom stereocenters. The first-order chi connectivity index (χ1) is 16.0. The van der Waals surface area contributed by atoms with E-state index in [4.69, 9.17) is 16.3 Å². The number of hydrogen-bond acceptors (Lipinski definition) is 6. The van der Waals surface area contributed by atoms with Gasteiger partial charge >= 0.3 is 5.69 Å². The van der Waals surface area contributed by atoms with E-state index in [1.807, 2.05) is 55.5 Å². The van der Waals surface area contributed by atoms with Gasteiger partial charge in [-0.3, -0.25) is 4.79 Å². The largest absolute Gasteiger partial charge is 0.490 e. The molecule has 0 N–H and O–H groups in total. The number of rotatable bonds is 5. The van der Waals surface area contributed by atoms with E-state index in [1.54, 1.807) is 11.0 Å². The lowest BCUT2D eigenvalue weighted by Gasteiger charge is -2.29. The second-order valence-corrected chi connectivity index (χ2v) is 9.09. The fraction of sp³-hybridized carbons (Fsp3) is 0.217. The van der Waals surface area contributed by atoms with Crippen LogP contribution in [0.25, 0.3) is 5.65 Å². The van der Waals surface area contributed by atoms with E-state index >= 15 is 0 Å². The van der Waals surface area contributed by atoms with Crippen LogP contribution in [0.1, 0.15) is 11.1 Å². The second kappa shape index (κ2) is 8.92. The maximum atomic E-state index is 13.0. The smallest absolute Gasteiger partial charge is 0.367 e. The van der Waals surface area contributed by atoms with Gasteiger partial charge in [0.05, 0.1) is 12.2 Å². The molecule has 168 valence electrons. The molecule has 0 bridgehead atoms. The highest BCUT2D eigenvalue weighted by Gasteiger charge is 2.25. The number of carbonyl (C=O) groups is 1. The highest BCUT2D eigenvalue weighted by atomic mass is 35.5. The molecule has 0 spiro atoms. The third-order valence-electron chi connectivity index (χ3n) is 5.28. The molecule has 3 heterocycles. The first kappa shape index (κ1) is 21.5. The molecule has 33 heavy (non-hydrogen) atoms. The van der Waals surface area contributed by atoms with Crippen LogP contribution in [0.2, 0.25) is 5.02 Å². The molecule has 4 aromatic rings. The fourth-order valence-corrected chi connectivity index (χ4v) is 4.55. The number of carbonyl (C=O) groups excluding carboxylic acids is 1. The van der Waals surface area contributed by atoms with Gasteiger partial charge in [-0.25, -0.2) is 9.48 Å². The topological polar surface area (TPSA) is 81.7 Å². The van der Waals surface area contributed by atoms with Gasteiger partial charge in [-0.2, -0.15) is 9.61 Å². The quantitative estimate of drug-likeness (QED) is 0.405. The van der Waals surface area contributed by atoms with Crippen molar-refractivity contribution in [3.8, 4) is 5.75 Å². The first-order valence-electron chi connectivity index (χ1n) is 10.4. The summed E-state index contributed by atoms with van der Waals surface area (Å²) in [4.78, 5) is 27.6. The molecule has 5 rings (SSSR count).